The van der Waals surface area contributed by atoms with Gasteiger partial charge in [-0.15, -0.1) is 11.3 Å². The Morgan fingerprint density at radius 1 is 1.26 bits per heavy atom. The second kappa shape index (κ2) is 8.52. The summed E-state index contributed by atoms with van der Waals surface area (Å²) in [5, 5.41) is 14.0. The maximum atomic E-state index is 12.8. The van der Waals surface area contributed by atoms with Crippen molar-refractivity contribution in [3.05, 3.63) is 39.7 Å². The van der Waals surface area contributed by atoms with Crippen LogP contribution in [0.2, 0.25) is 0 Å². The monoisotopic (exact) mass is 458 g/mol. The average molecular weight is 459 g/mol. The summed E-state index contributed by atoms with van der Waals surface area (Å²) in [6.07, 6.45) is 1.87. The maximum absolute atomic E-state index is 12.8. The summed E-state index contributed by atoms with van der Waals surface area (Å²) < 4.78 is 5.17. The van der Waals surface area contributed by atoms with E-state index >= 15 is 0 Å². The summed E-state index contributed by atoms with van der Waals surface area (Å²) in [7, 11) is 1.49. The Morgan fingerprint density at radius 3 is 2.74 bits per heavy atom. The van der Waals surface area contributed by atoms with Crippen molar-refractivity contribution in [2.75, 3.05) is 12.9 Å². The summed E-state index contributed by atoms with van der Waals surface area (Å²) in [6, 6.07) is 7.32. The van der Waals surface area contributed by atoms with Crippen LogP contribution >= 0.6 is 23.1 Å². The van der Waals surface area contributed by atoms with Crippen molar-refractivity contribution in [1.82, 2.24) is 20.3 Å². The summed E-state index contributed by atoms with van der Waals surface area (Å²) in [5.41, 5.74) is 0.411. The van der Waals surface area contributed by atoms with Crippen molar-refractivity contribution in [2.24, 2.45) is 0 Å². The van der Waals surface area contributed by atoms with E-state index in [4.69, 9.17) is 4.74 Å². The molecule has 162 valence electrons. The number of ether oxygens (including phenoxy) is 1. The first-order chi connectivity index (χ1) is 14.8. The number of thioether (sulfide) groups is 1. The van der Waals surface area contributed by atoms with E-state index in [1.807, 2.05) is 19.1 Å². The molecule has 3 aromatic heterocycles. The van der Waals surface area contributed by atoms with Gasteiger partial charge < -0.3 is 15.2 Å². The van der Waals surface area contributed by atoms with E-state index in [0.717, 1.165) is 29.9 Å². The number of rotatable bonds is 8. The van der Waals surface area contributed by atoms with Crippen molar-refractivity contribution >= 4 is 45.8 Å². The number of aliphatic hydroxyl groups is 1. The number of nitrogens with one attached hydrogen (secondary N) is 1. The smallest absolute Gasteiger partial charge is 0.317 e. The van der Waals surface area contributed by atoms with Gasteiger partial charge >= 0.3 is 6.01 Å². The number of thiophene rings is 1. The number of pyridine rings is 1. The van der Waals surface area contributed by atoms with Crippen LogP contribution < -0.4 is 10.1 Å². The average Bonchev–Trinajstić information content (AvgIpc) is 3.41. The molecule has 1 aliphatic rings. The summed E-state index contributed by atoms with van der Waals surface area (Å²) in [4.78, 5) is 39.2. The second-order valence-electron chi connectivity index (χ2n) is 7.53. The molecule has 2 N–H and O–H groups in total. The van der Waals surface area contributed by atoms with Crippen LogP contribution in [0.4, 0.5) is 0 Å². The molecule has 1 amide bonds. The Kier molecular flexibility index (Phi) is 5.96. The molecule has 1 aliphatic carbocycles. The molecule has 0 radical (unpaired) electrons. The van der Waals surface area contributed by atoms with Gasteiger partial charge in [0.25, 0.3) is 5.91 Å². The summed E-state index contributed by atoms with van der Waals surface area (Å²) in [5.74, 6) is -0.439. The molecule has 0 aliphatic heterocycles. The zero-order chi connectivity index (χ0) is 22.2. The molecule has 0 aromatic carbocycles. The van der Waals surface area contributed by atoms with Gasteiger partial charge in [0.05, 0.1) is 23.3 Å². The fraction of sp³-hybridized carbons (Fsp3) is 0.381. The van der Waals surface area contributed by atoms with E-state index in [9.17, 15) is 14.7 Å². The molecule has 10 heteroatoms. The van der Waals surface area contributed by atoms with Gasteiger partial charge in [-0.25, -0.2) is 4.98 Å². The second-order valence-corrected chi connectivity index (χ2v) is 9.58. The highest BCUT2D eigenvalue weighted by Gasteiger charge is 2.37. The number of methoxy groups -OCH3 is 1. The van der Waals surface area contributed by atoms with Crippen molar-refractivity contribution in [3.63, 3.8) is 0 Å². The molecule has 31 heavy (non-hydrogen) atoms. The number of aryl methyl sites for hydroxylation is 1. The third kappa shape index (κ3) is 4.70. The van der Waals surface area contributed by atoms with Gasteiger partial charge in [-0.05, 0) is 51.0 Å². The zero-order valence-corrected chi connectivity index (χ0v) is 19.0. The van der Waals surface area contributed by atoms with E-state index in [1.165, 1.54) is 25.8 Å². The third-order valence-corrected chi connectivity index (χ3v) is 7.17. The lowest BCUT2D eigenvalue weighted by Crippen LogP contribution is -2.42. The zero-order valence-electron chi connectivity index (χ0n) is 17.3. The molecule has 0 unspecified atom stereocenters. The van der Waals surface area contributed by atoms with Gasteiger partial charge in [-0.3, -0.25) is 9.59 Å². The topological polar surface area (TPSA) is 114 Å². The van der Waals surface area contributed by atoms with Crippen LogP contribution in [0.5, 0.6) is 6.01 Å². The molecule has 0 spiro atoms. The van der Waals surface area contributed by atoms with E-state index in [1.54, 1.807) is 12.1 Å². The number of nitrogens with zero attached hydrogens (tertiary/aromatic N) is 3. The SMILES string of the molecule is COc1nc(SCC(=O)c2ccc([C@@](C)(O)C(=O)NC3CC3)s2)c2nc(C)ccc2n1. The van der Waals surface area contributed by atoms with Crippen LogP contribution in [0.15, 0.2) is 29.3 Å². The van der Waals surface area contributed by atoms with E-state index in [2.05, 4.69) is 20.3 Å². The number of aromatic nitrogens is 3. The van der Waals surface area contributed by atoms with Gasteiger partial charge in [-0.1, -0.05) is 11.8 Å². The number of hydrogen-bond donors (Lipinski definition) is 2. The Balaban J connectivity index is 1.50. The first-order valence-electron chi connectivity index (χ1n) is 9.77. The molecule has 3 heterocycles. The Bertz CT molecular complexity index is 1160. The lowest BCUT2D eigenvalue weighted by Gasteiger charge is -2.20. The number of carbonyl (C=O) groups excluding carboxylic acids is 2. The molecule has 8 nitrogen and oxygen atoms in total. The lowest BCUT2D eigenvalue weighted by atomic mass is 10.0. The number of carbonyl (C=O) groups is 2. The molecule has 1 fully saturated rings. The van der Waals surface area contributed by atoms with Crippen LogP contribution in [0.25, 0.3) is 11.0 Å². The fourth-order valence-electron chi connectivity index (χ4n) is 2.88. The van der Waals surface area contributed by atoms with Crippen LogP contribution in [0.1, 0.15) is 40.0 Å². The van der Waals surface area contributed by atoms with E-state index < -0.39 is 11.5 Å². The van der Waals surface area contributed by atoms with Crippen molar-refractivity contribution in [3.8, 4) is 6.01 Å². The van der Waals surface area contributed by atoms with Crippen molar-refractivity contribution in [2.45, 2.75) is 43.4 Å². The molecule has 0 bridgehead atoms. The minimum atomic E-state index is -1.67. The predicted octanol–water partition coefficient (Wildman–Crippen LogP) is 2.86. The normalized spacial score (nSPS) is 15.5. The highest BCUT2D eigenvalue weighted by atomic mass is 32.2. The van der Waals surface area contributed by atoms with E-state index in [-0.39, 0.29) is 23.6 Å². The Hall–Kier alpha value is -2.56. The van der Waals surface area contributed by atoms with Crippen LogP contribution in [-0.4, -0.2) is 50.7 Å². The number of hydrogen-bond acceptors (Lipinski definition) is 9. The minimum absolute atomic E-state index is 0.126. The predicted molar refractivity (Wildman–Crippen MR) is 119 cm³/mol. The summed E-state index contributed by atoms with van der Waals surface area (Å²) >= 11 is 2.38. The van der Waals surface area contributed by atoms with Crippen LogP contribution in [0.3, 0.4) is 0 Å². The highest BCUT2D eigenvalue weighted by Crippen LogP contribution is 2.32. The number of Topliss-reactive ketones (excluding diaryl/α,β-unsaturated/α-hetero) is 1. The largest absolute Gasteiger partial charge is 0.467 e. The quantitative estimate of drug-likeness (QED) is 0.301. The third-order valence-electron chi connectivity index (χ3n) is 4.87. The Morgan fingerprint density at radius 2 is 2.03 bits per heavy atom. The standard InChI is InChI=1S/C21H22N4O4S2/c1-11-4-7-13-17(22-11)18(25-20(24-13)29-3)30-10-14(26)15-8-9-16(31-15)21(2,28)19(27)23-12-5-6-12/h4,7-9,12,28H,5-6,10H2,1-3H3,(H,23,27)/t21-/m1/s1. The molecule has 1 saturated carbocycles. The molecular formula is C21H22N4O4S2. The van der Waals surface area contributed by atoms with Gasteiger partial charge in [-0.2, -0.15) is 9.97 Å². The van der Waals surface area contributed by atoms with Gasteiger partial charge in [0.15, 0.2) is 11.4 Å². The number of amides is 1. The fourth-order valence-corrected chi connectivity index (χ4v) is 4.81. The number of ketones is 1. The molecule has 1 atom stereocenters. The van der Waals surface area contributed by atoms with Crippen molar-refractivity contribution < 1.29 is 19.4 Å². The highest BCUT2D eigenvalue weighted by molar-refractivity contribution is 8.00. The maximum Gasteiger partial charge on any atom is 0.317 e. The summed E-state index contributed by atoms with van der Waals surface area (Å²) in [6.45, 7) is 3.33. The van der Waals surface area contributed by atoms with Gasteiger partial charge in [0.1, 0.15) is 10.5 Å². The van der Waals surface area contributed by atoms with Crippen LogP contribution in [0, 0.1) is 6.92 Å². The van der Waals surface area contributed by atoms with Gasteiger partial charge in [0, 0.05) is 16.6 Å². The van der Waals surface area contributed by atoms with Gasteiger partial charge in [0.2, 0.25) is 0 Å². The first kappa shape index (κ1) is 21.7. The first-order valence-corrected chi connectivity index (χ1v) is 11.6. The lowest BCUT2D eigenvalue weighted by molar-refractivity contribution is -0.138. The van der Waals surface area contributed by atoms with Crippen LogP contribution in [-0.2, 0) is 10.4 Å². The molecular weight excluding hydrogens is 436 g/mol. The Labute approximate surface area is 187 Å². The minimum Gasteiger partial charge on any atom is -0.467 e. The molecule has 3 aromatic rings. The number of fused-ring (bicyclic) bond motifs is 1. The van der Waals surface area contributed by atoms with Crippen molar-refractivity contribution in [1.29, 1.82) is 0 Å². The molecule has 4 rings (SSSR count). The molecule has 0 saturated heterocycles. The van der Waals surface area contributed by atoms with E-state index in [0.29, 0.717) is 25.8 Å².